The molecule has 1 aliphatic heterocycles. The van der Waals surface area contributed by atoms with E-state index in [0.717, 1.165) is 0 Å². The topological polar surface area (TPSA) is 97.5 Å². The number of aromatic nitrogens is 1. The summed E-state index contributed by atoms with van der Waals surface area (Å²) in [4.78, 5) is 29.3. The lowest BCUT2D eigenvalue weighted by Gasteiger charge is -2.33. The maximum atomic E-state index is 12.2. The van der Waals surface area contributed by atoms with Gasteiger partial charge in [-0.1, -0.05) is 0 Å². The lowest BCUT2D eigenvalue weighted by Crippen LogP contribution is -2.55. The minimum atomic E-state index is -0.612. The SMILES string of the molecule is CNC(=O)C1COCCN1C(=O)c1csc(N)n1. The first kappa shape index (κ1) is 12.8. The molecule has 7 nitrogen and oxygen atoms in total. The predicted octanol–water partition coefficient (Wildman–Crippen LogP) is -0.688. The van der Waals surface area contributed by atoms with E-state index in [-0.39, 0.29) is 24.1 Å². The van der Waals surface area contributed by atoms with Crippen LogP contribution in [-0.2, 0) is 9.53 Å². The zero-order valence-electron chi connectivity index (χ0n) is 9.88. The van der Waals surface area contributed by atoms with Crippen LogP contribution in [0.1, 0.15) is 10.5 Å². The van der Waals surface area contributed by atoms with E-state index < -0.39 is 6.04 Å². The number of likely N-dealkylation sites (N-methyl/N-ethyl adjacent to an activating group) is 1. The second-order valence-electron chi connectivity index (χ2n) is 3.77. The van der Waals surface area contributed by atoms with Gasteiger partial charge in [0.1, 0.15) is 11.7 Å². The molecule has 0 saturated carbocycles. The van der Waals surface area contributed by atoms with Crippen LogP contribution in [0.25, 0.3) is 0 Å². The van der Waals surface area contributed by atoms with Crippen molar-refractivity contribution in [2.24, 2.45) is 0 Å². The van der Waals surface area contributed by atoms with Gasteiger partial charge in [-0.2, -0.15) is 0 Å². The summed E-state index contributed by atoms with van der Waals surface area (Å²) < 4.78 is 5.23. The number of thiazole rings is 1. The normalized spacial score (nSPS) is 19.6. The van der Waals surface area contributed by atoms with Crippen molar-refractivity contribution in [1.82, 2.24) is 15.2 Å². The smallest absolute Gasteiger partial charge is 0.274 e. The number of nitrogens with one attached hydrogen (secondary N) is 1. The van der Waals surface area contributed by atoms with Crippen molar-refractivity contribution in [1.29, 1.82) is 0 Å². The Morgan fingerprint density at radius 2 is 2.44 bits per heavy atom. The van der Waals surface area contributed by atoms with Gasteiger partial charge < -0.3 is 20.7 Å². The molecule has 1 aliphatic rings. The highest BCUT2D eigenvalue weighted by Crippen LogP contribution is 2.16. The van der Waals surface area contributed by atoms with E-state index in [9.17, 15) is 9.59 Å². The number of hydrogen-bond acceptors (Lipinski definition) is 6. The molecular weight excluding hydrogens is 256 g/mol. The Bertz CT molecular complexity index is 462. The summed E-state index contributed by atoms with van der Waals surface area (Å²) in [6, 6.07) is -0.612. The predicted molar refractivity (Wildman–Crippen MR) is 66.2 cm³/mol. The highest BCUT2D eigenvalue weighted by molar-refractivity contribution is 7.13. The number of anilines is 1. The Balaban J connectivity index is 2.18. The molecule has 1 fully saturated rings. The molecule has 0 aliphatic carbocycles. The largest absolute Gasteiger partial charge is 0.377 e. The fraction of sp³-hybridized carbons (Fsp3) is 0.500. The summed E-state index contributed by atoms with van der Waals surface area (Å²) >= 11 is 1.20. The van der Waals surface area contributed by atoms with E-state index in [2.05, 4.69) is 10.3 Å². The molecular formula is C10H14N4O3S. The van der Waals surface area contributed by atoms with Gasteiger partial charge in [0.25, 0.3) is 5.91 Å². The number of ether oxygens (including phenoxy) is 1. The Labute approximate surface area is 108 Å². The van der Waals surface area contributed by atoms with E-state index in [0.29, 0.717) is 18.3 Å². The number of hydrogen-bond donors (Lipinski definition) is 2. The summed E-state index contributed by atoms with van der Waals surface area (Å²) in [6.07, 6.45) is 0. The molecule has 0 radical (unpaired) electrons. The fourth-order valence-electron chi connectivity index (χ4n) is 1.76. The van der Waals surface area contributed by atoms with E-state index in [1.54, 1.807) is 5.38 Å². The number of amides is 2. The second kappa shape index (κ2) is 5.32. The summed E-state index contributed by atoms with van der Waals surface area (Å²) in [5.41, 5.74) is 5.77. The van der Waals surface area contributed by atoms with Crippen LogP contribution < -0.4 is 11.1 Å². The zero-order chi connectivity index (χ0) is 13.1. The van der Waals surface area contributed by atoms with Crippen molar-refractivity contribution in [2.45, 2.75) is 6.04 Å². The Kier molecular flexibility index (Phi) is 3.78. The highest BCUT2D eigenvalue weighted by atomic mass is 32.1. The van der Waals surface area contributed by atoms with Crippen molar-refractivity contribution in [2.75, 3.05) is 32.5 Å². The third-order valence-corrected chi connectivity index (χ3v) is 3.35. The first-order valence-electron chi connectivity index (χ1n) is 5.44. The molecule has 2 amide bonds. The highest BCUT2D eigenvalue weighted by Gasteiger charge is 2.33. The van der Waals surface area contributed by atoms with Crippen LogP contribution in [0.15, 0.2) is 5.38 Å². The van der Waals surface area contributed by atoms with Gasteiger partial charge in [0, 0.05) is 19.0 Å². The molecule has 1 atom stereocenters. The average Bonchev–Trinajstić information content (AvgIpc) is 2.83. The van der Waals surface area contributed by atoms with Crippen molar-refractivity contribution < 1.29 is 14.3 Å². The molecule has 2 rings (SSSR count). The van der Waals surface area contributed by atoms with Crippen LogP contribution in [0.5, 0.6) is 0 Å². The third kappa shape index (κ3) is 2.44. The van der Waals surface area contributed by atoms with Gasteiger partial charge in [-0.3, -0.25) is 9.59 Å². The Hall–Kier alpha value is -1.67. The first-order valence-corrected chi connectivity index (χ1v) is 6.32. The van der Waals surface area contributed by atoms with Gasteiger partial charge in [0.05, 0.1) is 13.2 Å². The summed E-state index contributed by atoms with van der Waals surface area (Å²) in [7, 11) is 1.53. The molecule has 1 aromatic rings. The number of nitrogens with zero attached hydrogens (tertiary/aromatic N) is 2. The number of rotatable bonds is 2. The maximum absolute atomic E-state index is 12.2. The quantitative estimate of drug-likeness (QED) is 0.741. The Morgan fingerprint density at radius 1 is 1.67 bits per heavy atom. The molecule has 1 aromatic heterocycles. The number of carbonyl (C=O) groups is 2. The third-order valence-electron chi connectivity index (χ3n) is 2.68. The van der Waals surface area contributed by atoms with Gasteiger partial charge in [0.2, 0.25) is 5.91 Å². The molecule has 18 heavy (non-hydrogen) atoms. The summed E-state index contributed by atoms with van der Waals surface area (Å²) in [5, 5.41) is 4.45. The van der Waals surface area contributed by atoms with Gasteiger partial charge in [-0.25, -0.2) is 4.98 Å². The minimum absolute atomic E-state index is 0.199. The molecule has 98 valence electrons. The summed E-state index contributed by atoms with van der Waals surface area (Å²) in [5.74, 6) is -0.536. The number of nitrogens with two attached hydrogens (primary N) is 1. The van der Waals surface area contributed by atoms with E-state index in [4.69, 9.17) is 10.5 Å². The molecule has 1 saturated heterocycles. The molecule has 3 N–H and O–H groups in total. The number of carbonyl (C=O) groups excluding carboxylic acids is 2. The van der Waals surface area contributed by atoms with Gasteiger partial charge in [-0.05, 0) is 0 Å². The molecule has 0 spiro atoms. The molecule has 1 unspecified atom stereocenters. The van der Waals surface area contributed by atoms with Crippen molar-refractivity contribution in [3.05, 3.63) is 11.1 Å². The monoisotopic (exact) mass is 270 g/mol. The number of morpholine rings is 1. The van der Waals surface area contributed by atoms with E-state index in [1.165, 1.54) is 23.3 Å². The van der Waals surface area contributed by atoms with E-state index >= 15 is 0 Å². The average molecular weight is 270 g/mol. The summed E-state index contributed by atoms with van der Waals surface area (Å²) in [6.45, 7) is 0.984. The van der Waals surface area contributed by atoms with Crippen LogP contribution in [0, 0.1) is 0 Å². The van der Waals surface area contributed by atoms with Crippen molar-refractivity contribution in [3.8, 4) is 0 Å². The Morgan fingerprint density at radius 3 is 3.06 bits per heavy atom. The van der Waals surface area contributed by atoms with Crippen LogP contribution in [0.2, 0.25) is 0 Å². The molecule has 8 heteroatoms. The molecule has 0 aromatic carbocycles. The van der Waals surface area contributed by atoms with E-state index in [1.807, 2.05) is 0 Å². The van der Waals surface area contributed by atoms with Crippen LogP contribution in [0.4, 0.5) is 5.13 Å². The lowest BCUT2D eigenvalue weighted by atomic mass is 10.2. The molecule has 0 bridgehead atoms. The van der Waals surface area contributed by atoms with Crippen LogP contribution in [-0.4, -0.2) is 54.5 Å². The first-order chi connectivity index (χ1) is 8.63. The zero-order valence-corrected chi connectivity index (χ0v) is 10.7. The van der Waals surface area contributed by atoms with Gasteiger partial charge >= 0.3 is 0 Å². The standard InChI is InChI=1S/C10H14N4O3S/c1-12-8(15)7-4-17-3-2-14(7)9(16)6-5-18-10(11)13-6/h5,7H,2-4H2,1H3,(H2,11,13)(H,12,15). The van der Waals surface area contributed by atoms with Crippen molar-refractivity contribution >= 4 is 28.3 Å². The second-order valence-corrected chi connectivity index (χ2v) is 4.66. The minimum Gasteiger partial charge on any atom is -0.377 e. The fourth-order valence-corrected chi connectivity index (χ4v) is 2.30. The van der Waals surface area contributed by atoms with Gasteiger partial charge in [-0.15, -0.1) is 11.3 Å². The molecule has 2 heterocycles. The van der Waals surface area contributed by atoms with Crippen molar-refractivity contribution in [3.63, 3.8) is 0 Å². The maximum Gasteiger partial charge on any atom is 0.274 e. The van der Waals surface area contributed by atoms with Crippen LogP contribution in [0.3, 0.4) is 0 Å². The number of nitrogen functional groups attached to an aromatic ring is 1. The lowest BCUT2D eigenvalue weighted by molar-refractivity contribution is -0.130. The van der Waals surface area contributed by atoms with Gasteiger partial charge in [0.15, 0.2) is 5.13 Å². The van der Waals surface area contributed by atoms with Crippen LogP contribution >= 0.6 is 11.3 Å².